The van der Waals surface area contributed by atoms with Crippen molar-refractivity contribution in [3.05, 3.63) is 33.4 Å². The van der Waals surface area contributed by atoms with E-state index in [0.29, 0.717) is 6.17 Å². The topological polar surface area (TPSA) is 39.3 Å². The lowest BCUT2D eigenvalue weighted by Gasteiger charge is -2.35. The zero-order valence-corrected chi connectivity index (χ0v) is 17.0. The summed E-state index contributed by atoms with van der Waals surface area (Å²) in [4.78, 5) is 19.4. The molecule has 140 valence electrons. The van der Waals surface area contributed by atoms with Gasteiger partial charge in [0.25, 0.3) is 0 Å². The Labute approximate surface area is 155 Å². The van der Waals surface area contributed by atoms with E-state index in [4.69, 9.17) is 0 Å². The fourth-order valence-electron chi connectivity index (χ4n) is 3.36. The van der Waals surface area contributed by atoms with Crippen LogP contribution in [0, 0.1) is 0 Å². The van der Waals surface area contributed by atoms with Gasteiger partial charge in [-0.3, -0.25) is 14.6 Å². The Morgan fingerprint density at radius 3 is 2.52 bits per heavy atom. The summed E-state index contributed by atoms with van der Waals surface area (Å²) in [6.45, 7) is 10.3. The molecule has 1 atom stereocenters. The lowest BCUT2D eigenvalue weighted by atomic mass is 10.1. The van der Waals surface area contributed by atoms with E-state index in [1.54, 1.807) is 0 Å². The van der Waals surface area contributed by atoms with E-state index in [9.17, 15) is 4.79 Å². The maximum absolute atomic E-state index is 11.4. The summed E-state index contributed by atoms with van der Waals surface area (Å²) < 4.78 is 1.07. The molecule has 1 unspecified atom stereocenters. The smallest absolute Gasteiger partial charge is 0.305 e. The average molecular weight is 364 g/mol. The summed E-state index contributed by atoms with van der Waals surface area (Å²) in [7, 11) is 2.24. The highest BCUT2D eigenvalue weighted by Gasteiger charge is 2.16. The van der Waals surface area contributed by atoms with Crippen LogP contribution in [0.15, 0.2) is 23.0 Å². The molecule has 0 aliphatic carbocycles. The molecule has 0 saturated heterocycles. The first-order valence-electron chi connectivity index (χ1n) is 9.61. The van der Waals surface area contributed by atoms with Crippen molar-refractivity contribution in [3.8, 4) is 0 Å². The Bertz CT molecular complexity index is 688. The second-order valence-electron chi connectivity index (χ2n) is 6.95. The Hall–Kier alpha value is -1.17. The molecule has 0 amide bonds. The highest BCUT2D eigenvalue weighted by atomic mass is 32.1. The molecule has 1 heterocycles. The number of thiazole rings is 1. The molecule has 0 aliphatic rings. The van der Waals surface area contributed by atoms with Gasteiger partial charge in [-0.25, -0.2) is 0 Å². The molecule has 2 rings (SSSR count). The third kappa shape index (κ3) is 5.94. The summed E-state index contributed by atoms with van der Waals surface area (Å²) in [6, 6.07) is 6.33. The predicted molar refractivity (Wildman–Crippen MR) is 110 cm³/mol. The van der Waals surface area contributed by atoms with E-state index in [1.807, 2.05) is 6.07 Å². The van der Waals surface area contributed by atoms with Crippen molar-refractivity contribution >= 4 is 21.6 Å². The van der Waals surface area contributed by atoms with E-state index >= 15 is 0 Å². The second kappa shape index (κ2) is 10.1. The lowest BCUT2D eigenvalue weighted by Crippen LogP contribution is -2.45. The Morgan fingerprint density at radius 1 is 1.12 bits per heavy atom. The van der Waals surface area contributed by atoms with Gasteiger partial charge in [0.2, 0.25) is 0 Å². The predicted octanol–water partition coefficient (Wildman–Crippen LogP) is 4.31. The van der Waals surface area contributed by atoms with E-state index in [2.05, 4.69) is 54.7 Å². The van der Waals surface area contributed by atoms with Crippen molar-refractivity contribution in [1.29, 1.82) is 0 Å². The number of aromatic amines is 1. The molecule has 2 aromatic rings. The molecule has 0 spiro atoms. The number of aromatic nitrogens is 1. The van der Waals surface area contributed by atoms with Crippen LogP contribution in [0.4, 0.5) is 0 Å². The molecule has 1 aromatic heterocycles. The first-order chi connectivity index (χ1) is 12.0. The minimum absolute atomic E-state index is 0.0338. The fourth-order valence-corrected chi connectivity index (χ4v) is 4.16. The van der Waals surface area contributed by atoms with Gasteiger partial charge in [-0.1, -0.05) is 31.3 Å². The molecule has 0 aliphatic heterocycles. The highest BCUT2D eigenvalue weighted by molar-refractivity contribution is 7.16. The van der Waals surface area contributed by atoms with Crippen LogP contribution < -0.4 is 4.87 Å². The van der Waals surface area contributed by atoms with Crippen molar-refractivity contribution in [2.75, 3.05) is 26.7 Å². The number of nitrogens with one attached hydrogen (secondary N) is 1. The summed E-state index contributed by atoms with van der Waals surface area (Å²) >= 11 is 1.30. The third-order valence-electron chi connectivity index (χ3n) is 4.90. The lowest BCUT2D eigenvalue weighted by molar-refractivity contribution is 0.0732. The molecule has 4 nitrogen and oxygen atoms in total. The molecule has 1 N–H and O–H groups in total. The van der Waals surface area contributed by atoms with E-state index < -0.39 is 0 Å². The van der Waals surface area contributed by atoms with Gasteiger partial charge in [0.05, 0.1) is 16.4 Å². The SMILES string of the molecule is CCCN(CCC)C(C)N(C)CCCCc1ccc2[nH]c(=O)sc2c1. The number of fused-ring (bicyclic) bond motifs is 1. The van der Waals surface area contributed by atoms with Gasteiger partial charge in [0.15, 0.2) is 0 Å². The van der Waals surface area contributed by atoms with Crippen molar-refractivity contribution in [2.24, 2.45) is 0 Å². The molecular formula is C20H33N3OS. The number of rotatable bonds is 11. The molecule has 0 bridgehead atoms. The number of hydrogen-bond acceptors (Lipinski definition) is 4. The Morgan fingerprint density at radius 2 is 1.84 bits per heavy atom. The number of H-pyrrole nitrogens is 1. The number of benzene rings is 1. The number of hydrogen-bond donors (Lipinski definition) is 1. The highest BCUT2D eigenvalue weighted by Crippen LogP contribution is 2.18. The van der Waals surface area contributed by atoms with Crippen molar-refractivity contribution in [3.63, 3.8) is 0 Å². The van der Waals surface area contributed by atoms with Crippen LogP contribution in [0.1, 0.15) is 52.0 Å². The zero-order chi connectivity index (χ0) is 18.2. The van der Waals surface area contributed by atoms with Crippen LogP contribution in [0.3, 0.4) is 0 Å². The Balaban J connectivity index is 1.77. The Kier molecular flexibility index (Phi) is 8.13. The molecule has 0 radical (unpaired) electrons. The van der Waals surface area contributed by atoms with Gasteiger partial charge < -0.3 is 4.98 Å². The van der Waals surface area contributed by atoms with Crippen LogP contribution in [0.25, 0.3) is 10.2 Å². The first-order valence-corrected chi connectivity index (χ1v) is 10.4. The number of aryl methyl sites for hydroxylation is 1. The van der Waals surface area contributed by atoms with Gasteiger partial charge in [-0.05, 0) is 83.4 Å². The average Bonchev–Trinajstić information content (AvgIpc) is 2.97. The molecular weight excluding hydrogens is 330 g/mol. The zero-order valence-electron chi connectivity index (χ0n) is 16.2. The van der Waals surface area contributed by atoms with Crippen molar-refractivity contribution in [2.45, 2.75) is 59.0 Å². The van der Waals surface area contributed by atoms with Gasteiger partial charge >= 0.3 is 4.87 Å². The molecule has 5 heteroatoms. The number of nitrogens with zero attached hydrogens (tertiary/aromatic N) is 2. The van der Waals surface area contributed by atoms with Crippen LogP contribution in [0.5, 0.6) is 0 Å². The van der Waals surface area contributed by atoms with Gasteiger partial charge in [0, 0.05) is 0 Å². The standard InChI is InChI=1S/C20H33N3OS/c1-5-12-23(13-6-2)16(3)22(4)14-8-7-9-17-10-11-18-19(15-17)25-20(24)21-18/h10-11,15-16H,5-9,12-14H2,1-4H3,(H,21,24). The first kappa shape index (κ1) is 20.1. The molecule has 0 fully saturated rings. The summed E-state index contributed by atoms with van der Waals surface area (Å²) in [5, 5.41) is 0. The maximum Gasteiger partial charge on any atom is 0.305 e. The van der Waals surface area contributed by atoms with Crippen LogP contribution in [-0.2, 0) is 6.42 Å². The summed E-state index contributed by atoms with van der Waals surface area (Å²) in [5.41, 5.74) is 2.29. The minimum Gasteiger partial charge on any atom is -0.312 e. The second-order valence-corrected chi connectivity index (χ2v) is 7.97. The van der Waals surface area contributed by atoms with Crippen LogP contribution in [0.2, 0.25) is 0 Å². The fraction of sp³-hybridized carbons (Fsp3) is 0.650. The monoisotopic (exact) mass is 363 g/mol. The largest absolute Gasteiger partial charge is 0.312 e. The summed E-state index contributed by atoms with van der Waals surface area (Å²) in [5.74, 6) is 0. The van der Waals surface area contributed by atoms with Gasteiger partial charge in [0.1, 0.15) is 0 Å². The van der Waals surface area contributed by atoms with Crippen molar-refractivity contribution in [1.82, 2.24) is 14.8 Å². The number of unbranched alkanes of at least 4 members (excludes halogenated alkanes) is 1. The van der Waals surface area contributed by atoms with Gasteiger partial charge in [-0.2, -0.15) is 0 Å². The quantitative estimate of drug-likeness (QED) is 0.477. The third-order valence-corrected chi connectivity index (χ3v) is 5.74. The normalized spacial score (nSPS) is 13.2. The van der Waals surface area contributed by atoms with Crippen LogP contribution in [-0.4, -0.2) is 47.6 Å². The molecule has 0 saturated carbocycles. The van der Waals surface area contributed by atoms with Gasteiger partial charge in [-0.15, -0.1) is 0 Å². The van der Waals surface area contributed by atoms with Crippen molar-refractivity contribution < 1.29 is 0 Å². The summed E-state index contributed by atoms with van der Waals surface area (Å²) in [6.07, 6.45) is 6.40. The van der Waals surface area contributed by atoms with E-state index in [-0.39, 0.29) is 4.87 Å². The molecule has 25 heavy (non-hydrogen) atoms. The van der Waals surface area contributed by atoms with E-state index in [1.165, 1.54) is 55.7 Å². The van der Waals surface area contributed by atoms with Crippen LogP contribution >= 0.6 is 11.3 Å². The molecule has 1 aromatic carbocycles. The minimum atomic E-state index is 0.0338. The maximum atomic E-state index is 11.4. The van der Waals surface area contributed by atoms with E-state index in [0.717, 1.165) is 23.2 Å².